The van der Waals surface area contributed by atoms with E-state index in [4.69, 9.17) is 10.7 Å². The van der Waals surface area contributed by atoms with Gasteiger partial charge in [0, 0.05) is 31.4 Å². The molecule has 106 valence electrons. The predicted molar refractivity (Wildman–Crippen MR) is 78.5 cm³/mol. The molecule has 2 N–H and O–H groups in total. The number of rotatable bonds is 3. The van der Waals surface area contributed by atoms with E-state index in [0.717, 1.165) is 19.5 Å². The Morgan fingerprint density at radius 1 is 1.32 bits per heavy atom. The van der Waals surface area contributed by atoms with Crippen molar-refractivity contribution in [2.45, 2.75) is 58.0 Å². The lowest BCUT2D eigenvalue weighted by molar-refractivity contribution is 0.514. The quantitative estimate of drug-likeness (QED) is 0.909. The van der Waals surface area contributed by atoms with Crippen LogP contribution in [-0.2, 0) is 6.42 Å². The van der Waals surface area contributed by atoms with Crippen molar-refractivity contribution in [2.75, 3.05) is 18.0 Å². The first-order valence-corrected chi connectivity index (χ1v) is 7.77. The maximum Gasteiger partial charge on any atom is 0.206 e. The van der Waals surface area contributed by atoms with Gasteiger partial charge in [-0.3, -0.25) is 0 Å². The summed E-state index contributed by atoms with van der Waals surface area (Å²) in [4.78, 5) is 7.25. The highest BCUT2D eigenvalue weighted by Crippen LogP contribution is 2.34. The van der Waals surface area contributed by atoms with Gasteiger partial charge in [-0.15, -0.1) is 0 Å². The third-order valence-electron chi connectivity index (χ3n) is 4.80. The first-order chi connectivity index (χ1) is 9.19. The molecule has 2 heterocycles. The van der Waals surface area contributed by atoms with E-state index in [2.05, 4.69) is 29.5 Å². The van der Waals surface area contributed by atoms with E-state index in [0.29, 0.717) is 18.0 Å². The maximum atomic E-state index is 6.17. The smallest absolute Gasteiger partial charge is 0.206 e. The van der Waals surface area contributed by atoms with E-state index < -0.39 is 0 Å². The summed E-state index contributed by atoms with van der Waals surface area (Å²) in [5.74, 6) is 1.74. The van der Waals surface area contributed by atoms with Crippen LogP contribution in [0.4, 0.5) is 5.95 Å². The van der Waals surface area contributed by atoms with E-state index in [1.54, 1.807) is 0 Å². The largest absolute Gasteiger partial charge is 0.340 e. The first kappa shape index (κ1) is 13.0. The van der Waals surface area contributed by atoms with Crippen molar-refractivity contribution in [1.82, 2.24) is 9.55 Å². The molecule has 2 atom stereocenters. The summed E-state index contributed by atoms with van der Waals surface area (Å²) in [6.45, 7) is 6.43. The highest BCUT2D eigenvalue weighted by Gasteiger charge is 2.31. The lowest BCUT2D eigenvalue weighted by atomic mass is 10.1. The second-order valence-electron chi connectivity index (χ2n) is 6.28. The van der Waals surface area contributed by atoms with Crippen LogP contribution in [0.1, 0.15) is 51.3 Å². The number of hydrogen-bond donors (Lipinski definition) is 1. The molecule has 4 nitrogen and oxygen atoms in total. The molecular formula is C15H26N4. The van der Waals surface area contributed by atoms with Crippen molar-refractivity contribution in [3.8, 4) is 0 Å². The second-order valence-corrected chi connectivity index (χ2v) is 6.28. The van der Waals surface area contributed by atoms with Gasteiger partial charge in [0.15, 0.2) is 0 Å². The highest BCUT2D eigenvalue weighted by atomic mass is 15.3. The fourth-order valence-electron chi connectivity index (χ4n) is 3.44. The van der Waals surface area contributed by atoms with Gasteiger partial charge in [0.05, 0.1) is 5.69 Å². The summed E-state index contributed by atoms with van der Waals surface area (Å²) in [6.07, 6.45) is 8.63. The monoisotopic (exact) mass is 262 g/mol. The van der Waals surface area contributed by atoms with Gasteiger partial charge in [-0.05, 0) is 25.2 Å². The zero-order valence-corrected chi connectivity index (χ0v) is 12.2. The van der Waals surface area contributed by atoms with Crippen LogP contribution in [0.2, 0.25) is 0 Å². The number of hydrogen-bond acceptors (Lipinski definition) is 3. The molecule has 0 spiro atoms. The highest BCUT2D eigenvalue weighted by molar-refractivity contribution is 5.37. The molecule has 1 saturated carbocycles. The topological polar surface area (TPSA) is 47.1 Å². The van der Waals surface area contributed by atoms with Crippen molar-refractivity contribution in [3.63, 3.8) is 0 Å². The molecule has 4 heteroatoms. The first-order valence-electron chi connectivity index (χ1n) is 7.77. The van der Waals surface area contributed by atoms with Crippen molar-refractivity contribution >= 4 is 5.95 Å². The summed E-state index contributed by atoms with van der Waals surface area (Å²) >= 11 is 0. The average Bonchev–Trinajstić information content (AvgIpc) is 3.09. The van der Waals surface area contributed by atoms with Gasteiger partial charge in [-0.25, -0.2) is 4.98 Å². The molecule has 1 aromatic rings. The molecule has 0 radical (unpaired) electrons. The van der Waals surface area contributed by atoms with Crippen molar-refractivity contribution in [2.24, 2.45) is 11.7 Å². The molecule has 3 rings (SSSR count). The van der Waals surface area contributed by atoms with Crippen LogP contribution in [0.15, 0.2) is 6.20 Å². The Bertz CT molecular complexity index is 423. The summed E-state index contributed by atoms with van der Waals surface area (Å²) in [5, 5.41) is 0. The van der Waals surface area contributed by atoms with Crippen molar-refractivity contribution in [3.05, 3.63) is 11.9 Å². The Kier molecular flexibility index (Phi) is 3.52. The Hall–Kier alpha value is -1.03. The third kappa shape index (κ3) is 2.38. The normalized spacial score (nSPS) is 28.5. The number of nitrogens with zero attached hydrogens (tertiary/aromatic N) is 3. The zero-order valence-electron chi connectivity index (χ0n) is 12.2. The minimum absolute atomic E-state index is 0.291. The van der Waals surface area contributed by atoms with E-state index in [1.165, 1.54) is 37.3 Å². The van der Waals surface area contributed by atoms with E-state index in [1.807, 2.05) is 0 Å². The number of imidazole rings is 1. The number of nitrogens with two attached hydrogens (primary N) is 1. The molecular weight excluding hydrogens is 236 g/mol. The summed E-state index contributed by atoms with van der Waals surface area (Å²) in [6, 6.07) is 0.953. The van der Waals surface area contributed by atoms with Crippen LogP contribution >= 0.6 is 0 Å². The molecule has 0 amide bonds. The summed E-state index contributed by atoms with van der Waals surface area (Å²) in [5.41, 5.74) is 7.39. The molecule has 1 aromatic heterocycles. The molecule has 2 unspecified atom stereocenters. The van der Waals surface area contributed by atoms with Crippen LogP contribution in [0.3, 0.4) is 0 Å². The Labute approximate surface area is 116 Å². The number of aromatic nitrogens is 2. The van der Waals surface area contributed by atoms with Gasteiger partial charge in [0.25, 0.3) is 0 Å². The van der Waals surface area contributed by atoms with Gasteiger partial charge in [0.1, 0.15) is 0 Å². The summed E-state index contributed by atoms with van der Waals surface area (Å²) < 4.78 is 2.44. The Balaban J connectivity index is 1.88. The molecule has 19 heavy (non-hydrogen) atoms. The van der Waals surface area contributed by atoms with Gasteiger partial charge < -0.3 is 15.2 Å². The lowest BCUT2D eigenvalue weighted by Crippen LogP contribution is -2.29. The van der Waals surface area contributed by atoms with Gasteiger partial charge in [0.2, 0.25) is 5.95 Å². The molecule has 1 aliphatic heterocycles. The SMILES string of the molecule is CCc1cn(C2CCCC2)c(N2CC(C)C(N)C2)n1. The zero-order chi connectivity index (χ0) is 13.4. The van der Waals surface area contributed by atoms with Crippen LogP contribution in [-0.4, -0.2) is 28.7 Å². The predicted octanol–water partition coefficient (Wildman–Crippen LogP) is 2.34. The van der Waals surface area contributed by atoms with E-state index in [9.17, 15) is 0 Å². The van der Waals surface area contributed by atoms with E-state index >= 15 is 0 Å². The minimum atomic E-state index is 0.291. The second kappa shape index (κ2) is 5.16. The lowest BCUT2D eigenvalue weighted by Gasteiger charge is -2.22. The molecule has 1 saturated heterocycles. The molecule has 0 bridgehead atoms. The summed E-state index contributed by atoms with van der Waals surface area (Å²) in [7, 11) is 0. The van der Waals surface area contributed by atoms with Crippen LogP contribution < -0.4 is 10.6 Å². The van der Waals surface area contributed by atoms with E-state index in [-0.39, 0.29) is 0 Å². The third-order valence-corrected chi connectivity index (χ3v) is 4.80. The van der Waals surface area contributed by atoms with Crippen LogP contribution in [0.5, 0.6) is 0 Å². The van der Waals surface area contributed by atoms with Gasteiger partial charge in [-0.2, -0.15) is 0 Å². The average molecular weight is 262 g/mol. The minimum Gasteiger partial charge on any atom is -0.340 e. The molecule has 1 aliphatic carbocycles. The molecule has 2 fully saturated rings. The number of aryl methyl sites for hydroxylation is 1. The molecule has 2 aliphatic rings. The van der Waals surface area contributed by atoms with Crippen LogP contribution in [0, 0.1) is 5.92 Å². The Morgan fingerprint density at radius 2 is 2.05 bits per heavy atom. The maximum absolute atomic E-state index is 6.17. The van der Waals surface area contributed by atoms with Crippen LogP contribution in [0.25, 0.3) is 0 Å². The fraction of sp³-hybridized carbons (Fsp3) is 0.800. The molecule has 0 aromatic carbocycles. The standard InChI is InChI=1S/C15H26N4/c1-3-12-9-19(13-6-4-5-7-13)15(17-12)18-8-11(2)14(16)10-18/h9,11,13-14H,3-8,10,16H2,1-2H3. The fourth-order valence-corrected chi connectivity index (χ4v) is 3.44. The number of anilines is 1. The van der Waals surface area contributed by atoms with Crippen molar-refractivity contribution in [1.29, 1.82) is 0 Å². The van der Waals surface area contributed by atoms with Gasteiger partial charge >= 0.3 is 0 Å². The van der Waals surface area contributed by atoms with Crippen molar-refractivity contribution < 1.29 is 0 Å². The van der Waals surface area contributed by atoms with Gasteiger partial charge in [-0.1, -0.05) is 26.7 Å². The Morgan fingerprint density at radius 3 is 2.63 bits per heavy atom.